The third-order valence-corrected chi connectivity index (χ3v) is 5.95. The number of ether oxygens (including phenoxy) is 4. The Labute approximate surface area is 178 Å². The van der Waals surface area contributed by atoms with Gasteiger partial charge in [0.15, 0.2) is 10.5 Å². The van der Waals surface area contributed by atoms with Crippen molar-refractivity contribution in [1.82, 2.24) is 15.3 Å². The average molecular weight is 440 g/mol. The van der Waals surface area contributed by atoms with Gasteiger partial charge < -0.3 is 24.3 Å². The number of hydrogen-bond donors (Lipinski definition) is 1. The quantitative estimate of drug-likeness (QED) is 0.608. The number of nitrogens with zero attached hydrogens (tertiary/aromatic N) is 2. The van der Waals surface area contributed by atoms with E-state index in [2.05, 4.69) is 15.3 Å². The third kappa shape index (κ3) is 5.35. The lowest BCUT2D eigenvalue weighted by Crippen LogP contribution is -2.50. The van der Waals surface area contributed by atoms with E-state index in [0.717, 1.165) is 12.8 Å². The Kier molecular flexibility index (Phi) is 6.35. The first-order valence-electron chi connectivity index (χ1n) is 10.1. The molecular weight excluding hydrogens is 413 g/mol. The van der Waals surface area contributed by atoms with Crippen LogP contribution in [0, 0.1) is 5.92 Å². The van der Waals surface area contributed by atoms with Gasteiger partial charge in [0.1, 0.15) is 12.1 Å². The number of amides is 1. The lowest BCUT2D eigenvalue weighted by atomic mass is 9.83. The molecule has 1 atom stereocenters. The lowest BCUT2D eigenvalue weighted by Gasteiger charge is -2.35. The zero-order valence-corrected chi connectivity index (χ0v) is 17.9. The number of carbonyl (C=O) groups is 1. The van der Waals surface area contributed by atoms with Gasteiger partial charge in [0.05, 0.1) is 32.5 Å². The summed E-state index contributed by atoms with van der Waals surface area (Å²) in [5, 5.41) is 3.20. The number of nitrogens with one attached hydrogen (secondary N) is 1. The van der Waals surface area contributed by atoms with Crippen molar-refractivity contribution in [3.8, 4) is 11.1 Å². The monoisotopic (exact) mass is 439 g/mol. The molecule has 8 nitrogen and oxygen atoms in total. The predicted molar refractivity (Wildman–Crippen MR) is 109 cm³/mol. The highest BCUT2D eigenvalue weighted by Gasteiger charge is 2.40. The van der Waals surface area contributed by atoms with Crippen LogP contribution in [0.4, 0.5) is 4.39 Å². The molecular formula is C20H26FN3O5S. The van der Waals surface area contributed by atoms with E-state index in [-0.39, 0.29) is 37.9 Å². The summed E-state index contributed by atoms with van der Waals surface area (Å²) < 4.78 is 35.9. The summed E-state index contributed by atoms with van der Waals surface area (Å²) in [7, 11) is 0. The van der Waals surface area contributed by atoms with Crippen molar-refractivity contribution in [3.05, 3.63) is 12.1 Å². The topological polar surface area (TPSA) is 91.8 Å². The molecule has 2 aliphatic rings. The molecule has 1 aliphatic heterocycles. The highest BCUT2D eigenvalue weighted by Crippen LogP contribution is 2.32. The Hall–Kier alpha value is -2.04. The maximum absolute atomic E-state index is 14.0. The maximum Gasteiger partial charge on any atom is 0.275 e. The normalized spacial score (nSPS) is 23.3. The minimum Gasteiger partial charge on any atom is -0.477 e. The minimum absolute atomic E-state index is 0.0134. The van der Waals surface area contributed by atoms with Crippen LogP contribution >= 0.6 is 11.3 Å². The fourth-order valence-electron chi connectivity index (χ4n) is 3.34. The van der Waals surface area contributed by atoms with Crippen molar-refractivity contribution in [2.45, 2.75) is 44.5 Å². The Morgan fingerprint density at radius 1 is 1.37 bits per heavy atom. The minimum atomic E-state index is -1.41. The van der Waals surface area contributed by atoms with E-state index >= 15 is 0 Å². The van der Waals surface area contributed by atoms with E-state index in [9.17, 15) is 9.18 Å². The van der Waals surface area contributed by atoms with Gasteiger partial charge in [-0.05, 0) is 31.7 Å². The Morgan fingerprint density at radius 2 is 2.17 bits per heavy atom. The van der Waals surface area contributed by atoms with Gasteiger partial charge in [0.2, 0.25) is 11.8 Å². The number of carbonyl (C=O) groups excluding carboxylic acids is 1. The van der Waals surface area contributed by atoms with E-state index in [0.29, 0.717) is 40.6 Å². The van der Waals surface area contributed by atoms with Crippen LogP contribution in [-0.4, -0.2) is 66.7 Å². The number of hydrogen-bond acceptors (Lipinski definition) is 8. The number of thiazole rings is 1. The molecule has 1 saturated carbocycles. The maximum atomic E-state index is 14.0. The molecule has 0 aromatic carbocycles. The summed E-state index contributed by atoms with van der Waals surface area (Å²) >= 11 is 1.27. The second-order valence-electron chi connectivity index (χ2n) is 8.09. The molecule has 2 aromatic rings. The van der Waals surface area contributed by atoms with Crippen molar-refractivity contribution in [3.63, 3.8) is 0 Å². The molecule has 1 saturated heterocycles. The van der Waals surface area contributed by atoms with Crippen LogP contribution in [-0.2, 0) is 14.3 Å². The summed E-state index contributed by atoms with van der Waals surface area (Å²) in [4.78, 5) is 20.5. The fraction of sp³-hybridized carbons (Fsp3) is 0.650. The van der Waals surface area contributed by atoms with Crippen LogP contribution in [0.1, 0.15) is 26.7 Å². The van der Waals surface area contributed by atoms with E-state index in [4.69, 9.17) is 18.9 Å². The van der Waals surface area contributed by atoms with Gasteiger partial charge in [-0.15, -0.1) is 0 Å². The molecule has 10 heteroatoms. The summed E-state index contributed by atoms with van der Waals surface area (Å²) in [6.45, 7) is 4.59. The van der Waals surface area contributed by atoms with Crippen molar-refractivity contribution in [2.24, 2.45) is 5.92 Å². The van der Waals surface area contributed by atoms with Gasteiger partial charge in [0.25, 0.3) is 5.19 Å². The lowest BCUT2D eigenvalue weighted by molar-refractivity contribution is -0.146. The van der Waals surface area contributed by atoms with E-state index in [1.807, 2.05) is 13.0 Å². The van der Waals surface area contributed by atoms with Crippen LogP contribution in [0.15, 0.2) is 12.1 Å². The third-order valence-electron chi connectivity index (χ3n) is 5.08. The largest absolute Gasteiger partial charge is 0.477 e. The van der Waals surface area contributed by atoms with E-state index in [1.165, 1.54) is 18.3 Å². The molecule has 0 radical (unpaired) electrons. The summed E-state index contributed by atoms with van der Waals surface area (Å²) in [6, 6.07) is 3.62. The van der Waals surface area contributed by atoms with Crippen molar-refractivity contribution in [1.29, 1.82) is 0 Å². The summed E-state index contributed by atoms with van der Waals surface area (Å²) in [6.07, 6.45) is 2.08. The Morgan fingerprint density at radius 3 is 2.87 bits per heavy atom. The molecule has 164 valence electrons. The first-order valence-corrected chi connectivity index (χ1v) is 10.9. The molecule has 1 N–H and O–H groups in total. The zero-order chi connectivity index (χ0) is 21.1. The number of rotatable bonds is 10. The van der Waals surface area contributed by atoms with Crippen molar-refractivity contribution < 1.29 is 28.1 Å². The van der Waals surface area contributed by atoms with Crippen LogP contribution in [0.3, 0.4) is 0 Å². The second-order valence-corrected chi connectivity index (χ2v) is 9.03. The first-order chi connectivity index (χ1) is 14.4. The fourth-order valence-corrected chi connectivity index (χ4v) is 4.12. The smallest absolute Gasteiger partial charge is 0.275 e. The van der Waals surface area contributed by atoms with Crippen LogP contribution < -0.4 is 14.8 Å². The molecule has 0 spiro atoms. The Balaban J connectivity index is 1.19. The van der Waals surface area contributed by atoms with Gasteiger partial charge in [-0.2, -0.15) is 0 Å². The highest BCUT2D eigenvalue weighted by atomic mass is 32.1. The second kappa shape index (κ2) is 8.99. The van der Waals surface area contributed by atoms with Gasteiger partial charge >= 0.3 is 0 Å². The number of aromatic nitrogens is 2. The number of alkyl halides is 1. The van der Waals surface area contributed by atoms with Crippen LogP contribution in [0.25, 0.3) is 10.3 Å². The number of fused-ring (bicyclic) bond motifs is 1. The molecule has 30 heavy (non-hydrogen) atoms. The number of pyridine rings is 1. The summed E-state index contributed by atoms with van der Waals surface area (Å²) in [5.41, 5.74) is -0.711. The van der Waals surface area contributed by atoms with E-state index in [1.54, 1.807) is 6.07 Å². The Bertz CT molecular complexity index is 884. The zero-order valence-electron chi connectivity index (χ0n) is 17.1. The molecule has 2 aromatic heterocycles. The number of halogens is 1. The molecule has 2 fully saturated rings. The van der Waals surface area contributed by atoms with Crippen molar-refractivity contribution in [2.75, 3.05) is 33.0 Å². The van der Waals surface area contributed by atoms with Gasteiger partial charge in [0, 0.05) is 19.0 Å². The first kappa shape index (κ1) is 21.2. The van der Waals surface area contributed by atoms with E-state index < -0.39 is 5.67 Å². The molecule has 0 unspecified atom stereocenters. The molecule has 0 bridgehead atoms. The molecule has 1 amide bonds. The molecule has 1 aliphatic carbocycles. The SMILES string of the molecule is CC(=O)N[C@@H](C)CO[C@H]1C[C@H](COc2ccc3nc(OCC4(F)COC4)sc3n2)C1. The van der Waals surface area contributed by atoms with Gasteiger partial charge in [-0.1, -0.05) is 11.3 Å². The van der Waals surface area contributed by atoms with Crippen LogP contribution in [0.2, 0.25) is 0 Å². The van der Waals surface area contributed by atoms with Gasteiger partial charge in [-0.3, -0.25) is 4.79 Å². The molecule has 3 heterocycles. The standard InChI is InChI=1S/C20H26FN3O5S/c1-12(22-13(2)25)7-27-15-5-14(6-15)8-28-17-4-3-16-18(24-17)30-19(23-16)29-11-20(21)9-26-10-20/h3-4,12,14-15H,5-11H2,1-2H3,(H,22,25)/t12-,14-,15-/m0/s1. The molecule has 4 rings (SSSR count). The van der Waals surface area contributed by atoms with Gasteiger partial charge in [-0.25, -0.2) is 14.4 Å². The van der Waals surface area contributed by atoms with Crippen LogP contribution in [0.5, 0.6) is 11.1 Å². The average Bonchev–Trinajstić information content (AvgIpc) is 3.04. The summed E-state index contributed by atoms with van der Waals surface area (Å²) in [5.74, 6) is 0.916. The predicted octanol–water partition coefficient (Wildman–Crippen LogP) is 2.51. The van der Waals surface area contributed by atoms with Crippen molar-refractivity contribution >= 4 is 27.6 Å². The highest BCUT2D eigenvalue weighted by molar-refractivity contribution is 7.19.